The zero-order valence-corrected chi connectivity index (χ0v) is 18.0. The van der Waals surface area contributed by atoms with Gasteiger partial charge in [0.25, 0.3) is 0 Å². The quantitative estimate of drug-likeness (QED) is 0.678. The average Bonchev–Trinajstić information content (AvgIpc) is 3.17. The normalized spacial score (nSPS) is 15.1. The molecule has 0 aliphatic carbocycles. The monoisotopic (exact) mass is 406 g/mol. The number of piperidine rings is 1. The van der Waals surface area contributed by atoms with E-state index in [0.717, 1.165) is 61.7 Å². The van der Waals surface area contributed by atoms with E-state index in [2.05, 4.69) is 53.3 Å². The fraction of sp³-hybridized carbons (Fsp3) is 0.478. The summed E-state index contributed by atoms with van der Waals surface area (Å²) in [6.45, 7) is 8.83. The number of nitrogens with zero attached hydrogens (tertiary/aromatic N) is 5. The number of aryl methyl sites for hydroxylation is 1. The van der Waals surface area contributed by atoms with Gasteiger partial charge in [-0.2, -0.15) is 4.52 Å². The first-order valence-electron chi connectivity index (χ1n) is 10.8. The van der Waals surface area contributed by atoms with Crippen LogP contribution in [-0.2, 0) is 4.79 Å². The number of hydrogen-bond donors (Lipinski definition) is 1. The van der Waals surface area contributed by atoms with Crippen LogP contribution in [-0.4, -0.2) is 45.4 Å². The summed E-state index contributed by atoms with van der Waals surface area (Å²) in [5.41, 5.74) is 2.91. The molecule has 2 aromatic heterocycles. The molecular formula is C23H30N6O. The molecule has 3 aromatic rings. The molecule has 158 valence electrons. The first kappa shape index (κ1) is 20.3. The molecule has 0 spiro atoms. The lowest BCUT2D eigenvalue weighted by Crippen LogP contribution is -2.41. The van der Waals surface area contributed by atoms with Gasteiger partial charge < -0.3 is 10.2 Å². The van der Waals surface area contributed by atoms with E-state index in [0.29, 0.717) is 5.92 Å². The van der Waals surface area contributed by atoms with Crippen molar-refractivity contribution in [3.63, 3.8) is 0 Å². The maximum Gasteiger partial charge on any atom is 0.223 e. The lowest BCUT2D eigenvalue weighted by molar-refractivity contribution is -0.125. The lowest BCUT2D eigenvalue weighted by atomic mass is 9.96. The highest BCUT2D eigenvalue weighted by Gasteiger charge is 2.26. The van der Waals surface area contributed by atoms with Gasteiger partial charge in [-0.15, -0.1) is 15.3 Å². The summed E-state index contributed by atoms with van der Waals surface area (Å²) in [6.07, 6.45) is 2.72. The number of nitrogens with one attached hydrogen (secondary N) is 1. The maximum absolute atomic E-state index is 12.4. The van der Waals surface area contributed by atoms with Crippen molar-refractivity contribution in [3.8, 4) is 11.4 Å². The van der Waals surface area contributed by atoms with Crippen LogP contribution in [0.4, 0.5) is 5.82 Å². The van der Waals surface area contributed by atoms with Crippen LogP contribution >= 0.6 is 0 Å². The molecule has 0 unspecified atom stereocenters. The zero-order chi connectivity index (χ0) is 21.1. The Morgan fingerprint density at radius 3 is 2.70 bits per heavy atom. The average molecular weight is 407 g/mol. The van der Waals surface area contributed by atoms with Gasteiger partial charge in [-0.1, -0.05) is 37.6 Å². The highest BCUT2D eigenvalue weighted by atomic mass is 16.1. The minimum Gasteiger partial charge on any atom is -0.356 e. The molecule has 0 saturated carbocycles. The molecule has 3 heterocycles. The summed E-state index contributed by atoms with van der Waals surface area (Å²) in [7, 11) is 0. The van der Waals surface area contributed by atoms with E-state index >= 15 is 0 Å². The summed E-state index contributed by atoms with van der Waals surface area (Å²) in [5, 5.41) is 16.5. The van der Waals surface area contributed by atoms with Crippen molar-refractivity contribution in [3.05, 3.63) is 42.0 Å². The zero-order valence-electron chi connectivity index (χ0n) is 18.0. The summed E-state index contributed by atoms with van der Waals surface area (Å²) >= 11 is 0. The predicted molar refractivity (Wildman–Crippen MR) is 118 cm³/mol. The molecule has 4 rings (SSSR count). The van der Waals surface area contributed by atoms with E-state index in [1.807, 2.05) is 28.8 Å². The SMILES string of the molecule is Cc1cccc(-c2nnc3ccc(N4CCC(C(=O)NCCC(C)C)CC4)nn23)c1. The van der Waals surface area contributed by atoms with E-state index < -0.39 is 0 Å². The van der Waals surface area contributed by atoms with Crippen molar-refractivity contribution in [2.75, 3.05) is 24.5 Å². The minimum atomic E-state index is 0.0925. The van der Waals surface area contributed by atoms with Crippen molar-refractivity contribution in [2.45, 2.75) is 40.0 Å². The molecule has 1 aliphatic heterocycles. The molecule has 1 fully saturated rings. The Kier molecular flexibility index (Phi) is 5.97. The third-order valence-electron chi connectivity index (χ3n) is 5.74. The standard InChI is InChI=1S/C23H30N6O/c1-16(2)9-12-24-23(30)18-10-13-28(14-11-18)21-8-7-20-25-26-22(29(20)27-21)19-6-4-5-17(3)15-19/h4-8,15-16,18H,9-14H2,1-3H3,(H,24,30). The summed E-state index contributed by atoms with van der Waals surface area (Å²) in [4.78, 5) is 14.7. The van der Waals surface area contributed by atoms with Crippen LogP contribution in [0.5, 0.6) is 0 Å². The van der Waals surface area contributed by atoms with E-state index in [9.17, 15) is 4.79 Å². The van der Waals surface area contributed by atoms with E-state index in [-0.39, 0.29) is 11.8 Å². The summed E-state index contributed by atoms with van der Waals surface area (Å²) < 4.78 is 1.81. The van der Waals surface area contributed by atoms with Crippen molar-refractivity contribution >= 4 is 17.4 Å². The van der Waals surface area contributed by atoms with Crippen molar-refractivity contribution < 1.29 is 4.79 Å². The smallest absolute Gasteiger partial charge is 0.223 e. The molecule has 1 saturated heterocycles. The highest BCUT2D eigenvalue weighted by Crippen LogP contribution is 2.24. The Bertz CT molecular complexity index is 1020. The number of hydrogen-bond acceptors (Lipinski definition) is 5. The van der Waals surface area contributed by atoms with Crippen LogP contribution in [0.2, 0.25) is 0 Å². The Morgan fingerprint density at radius 2 is 1.97 bits per heavy atom. The van der Waals surface area contributed by atoms with Crippen LogP contribution in [0.15, 0.2) is 36.4 Å². The van der Waals surface area contributed by atoms with Crippen molar-refractivity contribution in [2.24, 2.45) is 11.8 Å². The van der Waals surface area contributed by atoms with Gasteiger partial charge >= 0.3 is 0 Å². The van der Waals surface area contributed by atoms with Crippen LogP contribution < -0.4 is 10.2 Å². The number of carbonyl (C=O) groups is 1. The lowest BCUT2D eigenvalue weighted by Gasteiger charge is -2.32. The maximum atomic E-state index is 12.4. The second kappa shape index (κ2) is 8.81. The number of anilines is 1. The number of rotatable bonds is 6. The van der Waals surface area contributed by atoms with Crippen LogP contribution in [0.3, 0.4) is 0 Å². The van der Waals surface area contributed by atoms with Crippen LogP contribution in [0.25, 0.3) is 17.0 Å². The Morgan fingerprint density at radius 1 is 1.17 bits per heavy atom. The largest absolute Gasteiger partial charge is 0.356 e. The first-order chi connectivity index (χ1) is 14.5. The topological polar surface area (TPSA) is 75.4 Å². The number of aromatic nitrogens is 4. The van der Waals surface area contributed by atoms with Gasteiger partial charge in [-0.3, -0.25) is 4.79 Å². The van der Waals surface area contributed by atoms with Crippen LogP contribution in [0.1, 0.15) is 38.7 Å². The van der Waals surface area contributed by atoms with Gasteiger partial charge in [0.2, 0.25) is 5.91 Å². The fourth-order valence-corrected chi connectivity index (χ4v) is 3.91. The number of benzene rings is 1. The molecular weight excluding hydrogens is 376 g/mol. The molecule has 1 N–H and O–H groups in total. The van der Waals surface area contributed by atoms with Gasteiger partial charge in [0, 0.05) is 31.1 Å². The number of carbonyl (C=O) groups excluding carboxylic acids is 1. The second-order valence-corrected chi connectivity index (χ2v) is 8.59. The molecule has 1 aliphatic rings. The van der Waals surface area contributed by atoms with Gasteiger partial charge in [0.1, 0.15) is 5.82 Å². The Labute approximate surface area is 177 Å². The third kappa shape index (κ3) is 4.45. The van der Waals surface area contributed by atoms with E-state index in [1.165, 1.54) is 5.56 Å². The number of amides is 1. The molecule has 0 atom stereocenters. The van der Waals surface area contributed by atoms with Gasteiger partial charge in [0.15, 0.2) is 11.5 Å². The molecule has 7 nitrogen and oxygen atoms in total. The van der Waals surface area contributed by atoms with Gasteiger partial charge in [0.05, 0.1) is 0 Å². The molecule has 0 radical (unpaired) electrons. The molecule has 0 bridgehead atoms. The van der Waals surface area contributed by atoms with Gasteiger partial charge in [-0.25, -0.2) is 0 Å². The van der Waals surface area contributed by atoms with Crippen molar-refractivity contribution in [1.82, 2.24) is 25.1 Å². The molecule has 1 aromatic carbocycles. The van der Waals surface area contributed by atoms with E-state index in [4.69, 9.17) is 5.10 Å². The van der Waals surface area contributed by atoms with Crippen LogP contribution in [0, 0.1) is 18.8 Å². The fourth-order valence-electron chi connectivity index (χ4n) is 3.91. The van der Waals surface area contributed by atoms with E-state index in [1.54, 1.807) is 0 Å². The number of fused-ring (bicyclic) bond motifs is 1. The highest BCUT2D eigenvalue weighted by molar-refractivity contribution is 5.79. The first-order valence-corrected chi connectivity index (χ1v) is 10.8. The summed E-state index contributed by atoms with van der Waals surface area (Å²) in [5.74, 6) is 2.54. The third-order valence-corrected chi connectivity index (χ3v) is 5.74. The van der Waals surface area contributed by atoms with Crippen molar-refractivity contribution in [1.29, 1.82) is 0 Å². The minimum absolute atomic E-state index is 0.0925. The van der Waals surface area contributed by atoms with Gasteiger partial charge in [-0.05, 0) is 50.3 Å². The summed E-state index contributed by atoms with van der Waals surface area (Å²) in [6, 6.07) is 12.2. The molecule has 1 amide bonds. The second-order valence-electron chi connectivity index (χ2n) is 8.59. The molecule has 30 heavy (non-hydrogen) atoms. The Balaban J connectivity index is 1.45. The Hall–Kier alpha value is -2.96. The predicted octanol–water partition coefficient (Wildman–Crippen LogP) is 3.48. The molecule has 7 heteroatoms.